The van der Waals surface area contributed by atoms with Crippen LogP contribution in [0.2, 0.25) is 0 Å². The van der Waals surface area contributed by atoms with Crippen molar-refractivity contribution in [1.82, 2.24) is 5.32 Å². The van der Waals surface area contributed by atoms with Gasteiger partial charge < -0.3 is 5.32 Å². The maximum atomic E-state index is 14.1. The fourth-order valence-corrected chi connectivity index (χ4v) is 7.09. The van der Waals surface area contributed by atoms with Crippen LogP contribution < -0.4 is 15.8 Å². The van der Waals surface area contributed by atoms with Gasteiger partial charge in [0.25, 0.3) is 0 Å². The molecule has 1 saturated carbocycles. The Morgan fingerprint density at radius 3 is 2.32 bits per heavy atom. The van der Waals surface area contributed by atoms with Crippen LogP contribution in [0, 0.1) is 29.4 Å². The molecule has 4 heteroatoms. The van der Waals surface area contributed by atoms with Gasteiger partial charge in [0.1, 0.15) is 0 Å². The minimum Gasteiger partial charge on any atom is -0.368 e. The summed E-state index contributed by atoms with van der Waals surface area (Å²) in [5.41, 5.74) is 5.09. The van der Waals surface area contributed by atoms with E-state index in [0.717, 1.165) is 36.6 Å². The summed E-state index contributed by atoms with van der Waals surface area (Å²) in [6.45, 7) is 4.52. The van der Waals surface area contributed by atoms with Crippen LogP contribution in [0.15, 0.2) is 91.3 Å². The number of carbonyl (C=O) groups excluding carboxylic acids is 1. The summed E-state index contributed by atoms with van der Waals surface area (Å²) in [6, 6.07) is 16.5. The van der Waals surface area contributed by atoms with Gasteiger partial charge in [-0.05, 0) is 86.7 Å². The van der Waals surface area contributed by atoms with Gasteiger partial charge in [0, 0.05) is 23.9 Å². The number of carbonyl (C=O) groups is 1. The fraction of sp³-hybridized carbons (Fsp3) is 0.270. The van der Waals surface area contributed by atoms with Crippen molar-refractivity contribution in [1.29, 1.82) is 0 Å². The van der Waals surface area contributed by atoms with E-state index in [1.54, 1.807) is 0 Å². The van der Waals surface area contributed by atoms with Gasteiger partial charge in [-0.15, -0.1) is 0 Å². The quantitative estimate of drug-likeness (QED) is 0.354. The second kappa shape index (κ2) is 11.1. The molecule has 1 aliphatic heterocycles. The normalized spacial score (nSPS) is 21.3. The van der Waals surface area contributed by atoms with Crippen molar-refractivity contribution >= 4 is 17.9 Å². The van der Waals surface area contributed by atoms with E-state index >= 15 is 0 Å². The Balaban J connectivity index is 0.000000380. The molecule has 208 valence electrons. The average molecular weight is 548 g/mol. The number of halogens is 2. The predicted molar refractivity (Wildman–Crippen MR) is 162 cm³/mol. The topological polar surface area (TPSA) is 29.1 Å². The molecule has 0 radical (unpaired) electrons. The van der Waals surface area contributed by atoms with Crippen LogP contribution in [0.4, 0.5) is 8.78 Å². The first kappa shape index (κ1) is 27.1. The third-order valence-electron chi connectivity index (χ3n) is 9.26. The Morgan fingerprint density at radius 2 is 1.61 bits per heavy atom. The lowest BCUT2D eigenvalue weighted by Crippen LogP contribution is -2.52. The van der Waals surface area contributed by atoms with E-state index in [4.69, 9.17) is 0 Å². The predicted octanol–water partition coefficient (Wildman–Crippen LogP) is 7.13. The van der Waals surface area contributed by atoms with Crippen molar-refractivity contribution < 1.29 is 13.6 Å². The van der Waals surface area contributed by atoms with Crippen molar-refractivity contribution in [2.75, 3.05) is 0 Å². The van der Waals surface area contributed by atoms with E-state index in [-0.39, 0.29) is 28.6 Å². The zero-order chi connectivity index (χ0) is 28.6. The second-order valence-corrected chi connectivity index (χ2v) is 11.9. The lowest BCUT2D eigenvalue weighted by atomic mass is 9.54. The Bertz CT molecular complexity index is 1690. The van der Waals surface area contributed by atoms with E-state index < -0.39 is 11.6 Å². The van der Waals surface area contributed by atoms with Crippen LogP contribution >= 0.6 is 0 Å². The average Bonchev–Trinajstić information content (AvgIpc) is 3.28. The second-order valence-electron chi connectivity index (χ2n) is 11.9. The standard InChI is InChI=1S/C31H28F2O.C6H7N/c1-31(2)26-14-13-22-21-9-4-3-6-18(21)10-12-23(22)24(26)17-25(29(31)19-7-5-8-19)30(34)20-11-15-27(32)28(33)16-20;1-2-4-6-7-5-3-1/h3-4,6,9,11-17,19,25,29H,5,7-8,10H2,1-2H3;1-7H. The monoisotopic (exact) mass is 547 g/mol. The van der Waals surface area contributed by atoms with Gasteiger partial charge >= 0.3 is 0 Å². The van der Waals surface area contributed by atoms with E-state index in [1.807, 2.05) is 36.7 Å². The van der Waals surface area contributed by atoms with Crippen molar-refractivity contribution in [3.05, 3.63) is 130 Å². The van der Waals surface area contributed by atoms with Crippen LogP contribution in [0.5, 0.6) is 0 Å². The molecule has 0 aromatic heterocycles. The van der Waals surface area contributed by atoms with Crippen molar-refractivity contribution in [3.8, 4) is 11.1 Å². The molecule has 0 spiro atoms. The minimum atomic E-state index is -0.969. The molecular formula is C37H35F2NO. The zero-order valence-corrected chi connectivity index (χ0v) is 23.5. The minimum absolute atomic E-state index is 0.108. The van der Waals surface area contributed by atoms with Crippen LogP contribution in [-0.2, 0) is 11.8 Å². The lowest BCUT2D eigenvalue weighted by Gasteiger charge is -2.49. The molecule has 7 rings (SSSR count). The summed E-state index contributed by atoms with van der Waals surface area (Å²) >= 11 is 0. The first-order chi connectivity index (χ1) is 19.9. The molecule has 1 fully saturated rings. The number of rotatable bonds is 3. The molecule has 1 N–H and O–H groups in total. The van der Waals surface area contributed by atoms with Crippen LogP contribution in [0.25, 0.3) is 23.3 Å². The molecule has 0 saturated heterocycles. The largest absolute Gasteiger partial charge is 0.368 e. The van der Waals surface area contributed by atoms with Crippen molar-refractivity contribution in [2.45, 2.75) is 44.9 Å². The first-order valence-electron chi connectivity index (χ1n) is 14.5. The highest BCUT2D eigenvalue weighted by atomic mass is 19.2. The molecule has 3 aromatic rings. The molecule has 41 heavy (non-hydrogen) atoms. The summed E-state index contributed by atoms with van der Waals surface area (Å²) in [4.78, 5) is 13.9. The number of ketones is 1. The Hall–Kier alpha value is -4.05. The van der Waals surface area contributed by atoms with E-state index in [2.05, 4.69) is 67.7 Å². The SMILES string of the molecule is C1=CC=CNC=C1.CC1(C)c2ccc3c(c2=CC(C(=O)c2ccc(F)c(F)c2)C1C1CCC1)=CCc1ccccc1-3. The zero-order valence-electron chi connectivity index (χ0n) is 23.5. The van der Waals surface area contributed by atoms with Gasteiger partial charge in [0.15, 0.2) is 17.4 Å². The Kier molecular flexibility index (Phi) is 7.33. The van der Waals surface area contributed by atoms with Gasteiger partial charge in [0.05, 0.1) is 0 Å². The third kappa shape index (κ3) is 5.01. The maximum absolute atomic E-state index is 14.1. The van der Waals surface area contributed by atoms with Gasteiger partial charge in [-0.3, -0.25) is 4.79 Å². The lowest BCUT2D eigenvalue weighted by molar-refractivity contribution is 0.0677. The van der Waals surface area contributed by atoms with E-state index in [9.17, 15) is 13.6 Å². The summed E-state index contributed by atoms with van der Waals surface area (Å²) in [6.07, 6.45) is 20.3. The molecule has 0 bridgehead atoms. The third-order valence-corrected chi connectivity index (χ3v) is 9.26. The molecular weight excluding hydrogens is 512 g/mol. The van der Waals surface area contributed by atoms with Gasteiger partial charge in [-0.25, -0.2) is 8.78 Å². The number of allylic oxidation sites excluding steroid dienone is 4. The number of benzene rings is 3. The number of Topliss-reactive ketones (excluding diaryl/α,β-unsaturated/α-hetero) is 1. The molecule has 2 atom stereocenters. The molecule has 3 aromatic carbocycles. The Morgan fingerprint density at radius 1 is 0.854 bits per heavy atom. The number of hydrogen-bond donors (Lipinski definition) is 1. The van der Waals surface area contributed by atoms with Crippen LogP contribution in [0.3, 0.4) is 0 Å². The van der Waals surface area contributed by atoms with Crippen LogP contribution in [0.1, 0.15) is 54.6 Å². The number of hydrogen-bond acceptors (Lipinski definition) is 2. The number of nitrogens with one attached hydrogen (secondary N) is 1. The Labute approximate surface area is 240 Å². The van der Waals surface area contributed by atoms with E-state index in [1.165, 1.54) is 40.0 Å². The molecule has 1 heterocycles. The summed E-state index contributed by atoms with van der Waals surface area (Å²) in [5, 5.41) is 5.25. The maximum Gasteiger partial charge on any atom is 0.170 e. The summed E-state index contributed by atoms with van der Waals surface area (Å²) in [5.74, 6) is -1.78. The number of fused-ring (bicyclic) bond motifs is 5. The van der Waals surface area contributed by atoms with Gasteiger partial charge in [-0.2, -0.15) is 0 Å². The molecule has 3 aliphatic carbocycles. The summed E-state index contributed by atoms with van der Waals surface area (Å²) in [7, 11) is 0. The van der Waals surface area contributed by atoms with Crippen molar-refractivity contribution in [2.24, 2.45) is 17.8 Å². The molecule has 0 amide bonds. The first-order valence-corrected chi connectivity index (χ1v) is 14.5. The smallest absolute Gasteiger partial charge is 0.170 e. The van der Waals surface area contributed by atoms with Crippen LogP contribution in [-0.4, -0.2) is 5.78 Å². The molecule has 4 aliphatic rings. The molecule has 2 nitrogen and oxygen atoms in total. The fourth-order valence-electron chi connectivity index (χ4n) is 7.09. The van der Waals surface area contributed by atoms with Crippen molar-refractivity contribution in [3.63, 3.8) is 0 Å². The summed E-state index contributed by atoms with van der Waals surface area (Å²) < 4.78 is 27.7. The molecule has 2 unspecified atom stereocenters. The van der Waals surface area contributed by atoms with Gasteiger partial charge in [0.2, 0.25) is 0 Å². The van der Waals surface area contributed by atoms with E-state index in [0.29, 0.717) is 5.92 Å². The highest BCUT2D eigenvalue weighted by molar-refractivity contribution is 6.02. The highest BCUT2D eigenvalue weighted by Crippen LogP contribution is 2.50. The van der Waals surface area contributed by atoms with Gasteiger partial charge in [-0.1, -0.05) is 93.8 Å². The highest BCUT2D eigenvalue weighted by Gasteiger charge is 2.48.